The third kappa shape index (κ3) is 1.83. The SMILES string of the molecule is Cc1ncn2cc(C(CN)C(C)C)ccc12. The van der Waals surface area contributed by atoms with Crippen LogP contribution in [0.4, 0.5) is 0 Å². The summed E-state index contributed by atoms with van der Waals surface area (Å²) in [5, 5.41) is 0. The van der Waals surface area contributed by atoms with Crippen LogP contribution in [0, 0.1) is 12.8 Å². The third-order valence-corrected chi connectivity index (χ3v) is 3.23. The lowest BCUT2D eigenvalue weighted by molar-refractivity contribution is 0.505. The van der Waals surface area contributed by atoms with Gasteiger partial charge in [-0.25, -0.2) is 4.98 Å². The standard InChI is InChI=1S/C13H19N3/c1-9(2)12(6-14)11-4-5-13-10(3)15-8-16(13)7-11/h4-5,7-9,12H,6,14H2,1-3H3. The summed E-state index contributed by atoms with van der Waals surface area (Å²) < 4.78 is 2.08. The summed E-state index contributed by atoms with van der Waals surface area (Å²) in [4.78, 5) is 4.30. The van der Waals surface area contributed by atoms with Crippen molar-refractivity contribution in [1.29, 1.82) is 0 Å². The number of aryl methyl sites for hydroxylation is 1. The highest BCUT2D eigenvalue weighted by Crippen LogP contribution is 2.24. The Balaban J connectivity index is 2.46. The molecule has 0 aliphatic rings. The molecular formula is C13H19N3. The van der Waals surface area contributed by atoms with Gasteiger partial charge < -0.3 is 10.1 Å². The topological polar surface area (TPSA) is 43.3 Å². The predicted octanol–water partition coefficient (Wildman–Crippen LogP) is 2.34. The Morgan fingerprint density at radius 1 is 1.38 bits per heavy atom. The fourth-order valence-electron chi connectivity index (χ4n) is 2.16. The van der Waals surface area contributed by atoms with Crippen LogP contribution in [0.25, 0.3) is 5.52 Å². The second kappa shape index (κ2) is 4.26. The molecule has 0 aromatic carbocycles. The Kier molecular flexibility index (Phi) is 2.97. The fourth-order valence-corrected chi connectivity index (χ4v) is 2.16. The van der Waals surface area contributed by atoms with Crippen molar-refractivity contribution in [3.63, 3.8) is 0 Å². The summed E-state index contributed by atoms with van der Waals surface area (Å²) in [6.07, 6.45) is 4.01. The van der Waals surface area contributed by atoms with Crippen LogP contribution in [0.2, 0.25) is 0 Å². The van der Waals surface area contributed by atoms with Crippen LogP contribution in [0.15, 0.2) is 24.7 Å². The Morgan fingerprint density at radius 2 is 2.12 bits per heavy atom. The van der Waals surface area contributed by atoms with Crippen molar-refractivity contribution in [2.75, 3.05) is 6.54 Å². The molecule has 3 heteroatoms. The molecule has 2 N–H and O–H groups in total. The third-order valence-electron chi connectivity index (χ3n) is 3.23. The van der Waals surface area contributed by atoms with E-state index in [1.54, 1.807) is 0 Å². The molecule has 2 rings (SSSR count). The van der Waals surface area contributed by atoms with E-state index in [2.05, 4.69) is 41.6 Å². The smallest absolute Gasteiger partial charge is 0.0995 e. The van der Waals surface area contributed by atoms with Crippen LogP contribution < -0.4 is 5.73 Å². The average molecular weight is 217 g/mol. The zero-order valence-corrected chi connectivity index (χ0v) is 10.1. The first-order valence-corrected chi connectivity index (χ1v) is 5.76. The molecule has 0 saturated heterocycles. The molecule has 0 aliphatic carbocycles. The molecule has 0 spiro atoms. The lowest BCUT2D eigenvalue weighted by Gasteiger charge is -2.19. The minimum atomic E-state index is 0.423. The van der Waals surface area contributed by atoms with Gasteiger partial charge in [-0.2, -0.15) is 0 Å². The van der Waals surface area contributed by atoms with Crippen LogP contribution in [-0.4, -0.2) is 15.9 Å². The van der Waals surface area contributed by atoms with Crippen molar-refractivity contribution < 1.29 is 0 Å². The number of nitrogens with zero attached hydrogens (tertiary/aromatic N) is 2. The van der Waals surface area contributed by atoms with E-state index in [0.717, 1.165) is 5.69 Å². The maximum absolute atomic E-state index is 5.83. The number of rotatable bonds is 3. The van der Waals surface area contributed by atoms with Gasteiger partial charge in [0.05, 0.1) is 17.5 Å². The van der Waals surface area contributed by atoms with Crippen LogP contribution >= 0.6 is 0 Å². The highest BCUT2D eigenvalue weighted by molar-refractivity contribution is 5.52. The Labute approximate surface area is 96.3 Å². The zero-order valence-electron chi connectivity index (χ0n) is 10.1. The molecule has 0 saturated carbocycles. The molecule has 16 heavy (non-hydrogen) atoms. The normalized spacial score (nSPS) is 13.6. The summed E-state index contributed by atoms with van der Waals surface area (Å²) in [5.74, 6) is 0.985. The number of aromatic nitrogens is 2. The van der Waals surface area contributed by atoms with Crippen molar-refractivity contribution in [1.82, 2.24) is 9.38 Å². The van der Waals surface area contributed by atoms with Crippen LogP contribution in [0.1, 0.15) is 31.0 Å². The van der Waals surface area contributed by atoms with E-state index in [-0.39, 0.29) is 0 Å². The van der Waals surface area contributed by atoms with Gasteiger partial charge in [-0.15, -0.1) is 0 Å². The summed E-state index contributed by atoms with van der Waals surface area (Å²) in [7, 11) is 0. The van der Waals surface area contributed by atoms with Gasteiger partial charge in [0, 0.05) is 6.20 Å². The van der Waals surface area contributed by atoms with Gasteiger partial charge in [-0.3, -0.25) is 0 Å². The van der Waals surface area contributed by atoms with E-state index in [1.165, 1.54) is 11.1 Å². The number of hydrogen-bond donors (Lipinski definition) is 1. The van der Waals surface area contributed by atoms with Crippen molar-refractivity contribution in [3.05, 3.63) is 35.9 Å². The maximum Gasteiger partial charge on any atom is 0.0995 e. The van der Waals surface area contributed by atoms with Gasteiger partial charge in [0.1, 0.15) is 0 Å². The van der Waals surface area contributed by atoms with Crippen LogP contribution in [0.3, 0.4) is 0 Å². The molecule has 2 heterocycles. The van der Waals surface area contributed by atoms with Gasteiger partial charge in [-0.1, -0.05) is 19.9 Å². The minimum Gasteiger partial charge on any atom is -0.330 e. The van der Waals surface area contributed by atoms with Crippen molar-refractivity contribution in [2.45, 2.75) is 26.7 Å². The van der Waals surface area contributed by atoms with E-state index in [9.17, 15) is 0 Å². The first-order valence-electron chi connectivity index (χ1n) is 5.76. The molecule has 2 aromatic rings. The highest BCUT2D eigenvalue weighted by atomic mass is 15.0. The number of pyridine rings is 1. The summed E-state index contributed by atoms with van der Waals surface area (Å²) in [5.41, 5.74) is 9.36. The van der Waals surface area contributed by atoms with Gasteiger partial charge in [-0.05, 0) is 36.9 Å². The predicted molar refractivity (Wildman–Crippen MR) is 66.6 cm³/mol. The molecule has 1 atom stereocenters. The molecule has 2 aromatic heterocycles. The molecule has 3 nitrogen and oxygen atoms in total. The number of hydrogen-bond acceptors (Lipinski definition) is 2. The number of nitrogens with two attached hydrogens (primary N) is 1. The Bertz CT molecular complexity index is 485. The number of fused-ring (bicyclic) bond motifs is 1. The minimum absolute atomic E-state index is 0.423. The fraction of sp³-hybridized carbons (Fsp3) is 0.462. The number of imidazole rings is 1. The van der Waals surface area contributed by atoms with Gasteiger partial charge >= 0.3 is 0 Å². The van der Waals surface area contributed by atoms with E-state index in [0.29, 0.717) is 18.4 Å². The zero-order chi connectivity index (χ0) is 11.7. The van der Waals surface area contributed by atoms with Gasteiger partial charge in [0.2, 0.25) is 0 Å². The molecule has 0 amide bonds. The molecule has 0 aliphatic heterocycles. The molecule has 1 unspecified atom stereocenters. The van der Waals surface area contributed by atoms with E-state index >= 15 is 0 Å². The molecule has 0 radical (unpaired) electrons. The maximum atomic E-state index is 5.83. The van der Waals surface area contributed by atoms with Crippen LogP contribution in [0.5, 0.6) is 0 Å². The van der Waals surface area contributed by atoms with E-state index in [4.69, 9.17) is 5.73 Å². The summed E-state index contributed by atoms with van der Waals surface area (Å²) in [6, 6.07) is 4.30. The Hall–Kier alpha value is -1.35. The molecular weight excluding hydrogens is 198 g/mol. The van der Waals surface area contributed by atoms with Gasteiger partial charge in [0.25, 0.3) is 0 Å². The lowest BCUT2D eigenvalue weighted by Crippen LogP contribution is -2.18. The van der Waals surface area contributed by atoms with Crippen molar-refractivity contribution >= 4 is 5.52 Å². The largest absolute Gasteiger partial charge is 0.330 e. The monoisotopic (exact) mass is 217 g/mol. The van der Waals surface area contributed by atoms with Crippen LogP contribution in [-0.2, 0) is 0 Å². The van der Waals surface area contributed by atoms with E-state index in [1.807, 2.05) is 13.3 Å². The Morgan fingerprint density at radius 3 is 2.75 bits per heavy atom. The van der Waals surface area contributed by atoms with E-state index < -0.39 is 0 Å². The molecule has 0 fully saturated rings. The second-order valence-corrected chi connectivity index (χ2v) is 4.67. The summed E-state index contributed by atoms with van der Waals surface area (Å²) >= 11 is 0. The second-order valence-electron chi connectivity index (χ2n) is 4.67. The molecule has 86 valence electrons. The average Bonchev–Trinajstić information content (AvgIpc) is 2.61. The van der Waals surface area contributed by atoms with Gasteiger partial charge in [0.15, 0.2) is 0 Å². The first-order chi connectivity index (χ1) is 7.63. The quantitative estimate of drug-likeness (QED) is 0.857. The first kappa shape index (κ1) is 11.1. The van der Waals surface area contributed by atoms with Crippen molar-refractivity contribution in [2.24, 2.45) is 11.7 Å². The summed E-state index contributed by atoms with van der Waals surface area (Å²) in [6.45, 7) is 7.14. The lowest BCUT2D eigenvalue weighted by atomic mass is 9.89. The highest BCUT2D eigenvalue weighted by Gasteiger charge is 2.14. The molecule has 0 bridgehead atoms. The van der Waals surface area contributed by atoms with Crippen molar-refractivity contribution in [3.8, 4) is 0 Å².